The number of hydrogen-bond acceptors (Lipinski definition) is 3. The molecule has 1 aromatic carbocycles. The van der Waals surface area contributed by atoms with Crippen LogP contribution in [-0.2, 0) is 22.9 Å². The summed E-state index contributed by atoms with van der Waals surface area (Å²) in [6.07, 6.45) is 7.34. The van der Waals surface area contributed by atoms with Crippen LogP contribution >= 0.6 is 0 Å². The highest BCUT2D eigenvalue weighted by molar-refractivity contribution is 7.88. The Hall–Kier alpha value is -1.86. The van der Waals surface area contributed by atoms with E-state index in [1.165, 1.54) is 34.7 Å². The van der Waals surface area contributed by atoms with E-state index in [1.807, 2.05) is 18.2 Å². The molecule has 2 aliphatic rings. The molecule has 0 saturated carbocycles. The lowest BCUT2D eigenvalue weighted by atomic mass is 9.95. The quantitative estimate of drug-likeness (QED) is 0.863. The summed E-state index contributed by atoms with van der Waals surface area (Å²) in [7, 11) is -3.21. The number of H-pyrrole nitrogens is 1. The minimum atomic E-state index is -3.21. The molecule has 7 heteroatoms. The molecular weight excluding hydrogens is 350 g/mol. The maximum absolute atomic E-state index is 12.7. The van der Waals surface area contributed by atoms with E-state index in [9.17, 15) is 13.2 Å². The first-order valence-corrected chi connectivity index (χ1v) is 11.2. The van der Waals surface area contributed by atoms with Crippen molar-refractivity contribution < 1.29 is 13.2 Å². The molecule has 1 atom stereocenters. The van der Waals surface area contributed by atoms with E-state index in [2.05, 4.69) is 10.3 Å². The fourth-order valence-corrected chi connectivity index (χ4v) is 5.09. The maximum Gasteiger partial charge on any atom is 0.251 e. The summed E-state index contributed by atoms with van der Waals surface area (Å²) in [6, 6.07) is 5.66. The molecule has 0 bridgehead atoms. The highest BCUT2D eigenvalue weighted by Crippen LogP contribution is 2.29. The topological polar surface area (TPSA) is 82.3 Å². The molecule has 0 spiro atoms. The van der Waals surface area contributed by atoms with Crippen molar-refractivity contribution in [3.63, 3.8) is 0 Å². The van der Waals surface area contributed by atoms with Gasteiger partial charge in [0, 0.05) is 41.3 Å². The predicted molar refractivity (Wildman–Crippen MR) is 102 cm³/mol. The van der Waals surface area contributed by atoms with Gasteiger partial charge in [0.1, 0.15) is 0 Å². The predicted octanol–water partition coefficient (Wildman–Crippen LogP) is 2.20. The van der Waals surface area contributed by atoms with Crippen LogP contribution in [0.15, 0.2) is 18.2 Å². The Morgan fingerprint density at radius 2 is 2.04 bits per heavy atom. The van der Waals surface area contributed by atoms with E-state index in [0.29, 0.717) is 18.7 Å². The number of carbonyl (C=O) groups is 1. The van der Waals surface area contributed by atoms with Crippen molar-refractivity contribution in [3.8, 4) is 0 Å². The number of sulfonamides is 1. The standard InChI is InChI=1S/C19H25N3O3S/c1-26(24,25)22-10-4-5-14(12-22)20-19(23)13-8-9-18-16(11-13)15-6-2-3-7-17(15)21-18/h8-9,11,14,21H,2-7,10,12H2,1H3,(H,20,23). The minimum Gasteiger partial charge on any atom is -0.358 e. The molecular formula is C19H25N3O3S. The number of piperidine rings is 1. The molecule has 140 valence electrons. The SMILES string of the molecule is CS(=O)(=O)N1CCCC(NC(=O)c2ccc3[nH]c4c(c3c2)CCCC4)C1. The van der Waals surface area contributed by atoms with Crippen LogP contribution in [0.1, 0.15) is 47.3 Å². The molecule has 2 N–H and O–H groups in total. The monoisotopic (exact) mass is 375 g/mol. The summed E-state index contributed by atoms with van der Waals surface area (Å²) < 4.78 is 25.0. The molecule has 6 nitrogen and oxygen atoms in total. The number of amides is 1. The van der Waals surface area contributed by atoms with Gasteiger partial charge in [0.15, 0.2) is 0 Å². The smallest absolute Gasteiger partial charge is 0.251 e. The van der Waals surface area contributed by atoms with Gasteiger partial charge < -0.3 is 10.3 Å². The van der Waals surface area contributed by atoms with Crippen molar-refractivity contribution in [2.75, 3.05) is 19.3 Å². The molecule has 1 aliphatic heterocycles. The van der Waals surface area contributed by atoms with E-state index in [1.54, 1.807) is 0 Å². The zero-order valence-electron chi connectivity index (χ0n) is 15.0. The molecule has 2 aromatic rings. The molecule has 1 amide bonds. The number of aromatic nitrogens is 1. The van der Waals surface area contributed by atoms with Gasteiger partial charge in [-0.1, -0.05) is 0 Å². The molecule has 1 aliphatic carbocycles. The highest BCUT2D eigenvalue weighted by Gasteiger charge is 2.27. The van der Waals surface area contributed by atoms with Crippen molar-refractivity contribution in [1.82, 2.24) is 14.6 Å². The number of aromatic amines is 1. The number of rotatable bonds is 3. The Balaban J connectivity index is 1.53. The third-order valence-electron chi connectivity index (χ3n) is 5.55. The van der Waals surface area contributed by atoms with Crippen molar-refractivity contribution >= 4 is 26.8 Å². The first-order valence-electron chi connectivity index (χ1n) is 9.31. The summed E-state index contributed by atoms with van der Waals surface area (Å²) in [5.41, 5.74) is 4.39. The summed E-state index contributed by atoms with van der Waals surface area (Å²) in [4.78, 5) is 16.2. The van der Waals surface area contributed by atoms with Gasteiger partial charge in [-0.05, 0) is 62.3 Å². The molecule has 26 heavy (non-hydrogen) atoms. The molecule has 4 rings (SSSR count). The lowest BCUT2D eigenvalue weighted by Gasteiger charge is -2.31. The number of benzene rings is 1. The van der Waals surface area contributed by atoms with Crippen molar-refractivity contribution in [2.24, 2.45) is 0 Å². The largest absolute Gasteiger partial charge is 0.358 e. The fraction of sp³-hybridized carbons (Fsp3) is 0.526. The van der Waals surface area contributed by atoms with Crippen LogP contribution in [0.3, 0.4) is 0 Å². The van der Waals surface area contributed by atoms with Gasteiger partial charge >= 0.3 is 0 Å². The highest BCUT2D eigenvalue weighted by atomic mass is 32.2. The number of hydrogen-bond donors (Lipinski definition) is 2. The first-order chi connectivity index (χ1) is 12.4. The van der Waals surface area contributed by atoms with Crippen LogP contribution in [0.4, 0.5) is 0 Å². The van der Waals surface area contributed by atoms with Crippen LogP contribution in [0.2, 0.25) is 0 Å². The van der Waals surface area contributed by atoms with Crippen LogP contribution in [0.5, 0.6) is 0 Å². The molecule has 0 radical (unpaired) electrons. The van der Waals surface area contributed by atoms with Gasteiger partial charge in [-0.3, -0.25) is 4.79 Å². The van der Waals surface area contributed by atoms with E-state index >= 15 is 0 Å². The van der Waals surface area contributed by atoms with Gasteiger partial charge in [-0.2, -0.15) is 0 Å². The zero-order chi connectivity index (χ0) is 18.3. The van der Waals surface area contributed by atoms with Gasteiger partial charge in [-0.15, -0.1) is 0 Å². The number of nitrogens with one attached hydrogen (secondary N) is 2. The second-order valence-corrected chi connectivity index (χ2v) is 9.47. The molecule has 2 heterocycles. The summed E-state index contributed by atoms with van der Waals surface area (Å²) in [6.45, 7) is 0.888. The third kappa shape index (κ3) is 3.38. The fourth-order valence-electron chi connectivity index (χ4n) is 4.18. The lowest BCUT2D eigenvalue weighted by molar-refractivity contribution is 0.0921. The lowest BCUT2D eigenvalue weighted by Crippen LogP contribution is -2.49. The van der Waals surface area contributed by atoms with Gasteiger partial charge in [0.25, 0.3) is 5.91 Å². The first kappa shape index (κ1) is 17.5. The van der Waals surface area contributed by atoms with E-state index in [0.717, 1.165) is 36.6 Å². The summed E-state index contributed by atoms with van der Waals surface area (Å²) >= 11 is 0. The molecule has 1 fully saturated rings. The second kappa shape index (κ2) is 6.70. The Bertz CT molecular complexity index is 948. The summed E-state index contributed by atoms with van der Waals surface area (Å²) in [5, 5.41) is 4.17. The van der Waals surface area contributed by atoms with Crippen LogP contribution in [0, 0.1) is 0 Å². The second-order valence-electron chi connectivity index (χ2n) is 7.48. The number of aryl methyl sites for hydroxylation is 2. The maximum atomic E-state index is 12.7. The summed E-state index contributed by atoms with van der Waals surface area (Å²) in [5.74, 6) is -0.127. The Morgan fingerprint density at radius 3 is 2.85 bits per heavy atom. The van der Waals surface area contributed by atoms with E-state index in [4.69, 9.17) is 0 Å². The normalized spacial score (nSPS) is 21.5. The third-order valence-corrected chi connectivity index (χ3v) is 6.82. The Kier molecular flexibility index (Phi) is 4.52. The molecule has 1 unspecified atom stereocenters. The Labute approximate surface area is 154 Å². The van der Waals surface area contributed by atoms with Crippen molar-refractivity contribution in [2.45, 2.75) is 44.6 Å². The molecule has 1 saturated heterocycles. The average Bonchev–Trinajstić information content (AvgIpc) is 2.99. The van der Waals surface area contributed by atoms with Crippen molar-refractivity contribution in [1.29, 1.82) is 0 Å². The zero-order valence-corrected chi connectivity index (χ0v) is 15.9. The minimum absolute atomic E-state index is 0.127. The van der Waals surface area contributed by atoms with Crippen molar-refractivity contribution in [3.05, 3.63) is 35.0 Å². The average molecular weight is 375 g/mol. The number of carbonyl (C=O) groups excluding carboxylic acids is 1. The van der Waals surface area contributed by atoms with E-state index < -0.39 is 10.0 Å². The Morgan fingerprint density at radius 1 is 1.23 bits per heavy atom. The molecule has 1 aromatic heterocycles. The van der Waals surface area contributed by atoms with Gasteiger partial charge in [-0.25, -0.2) is 12.7 Å². The van der Waals surface area contributed by atoms with Crippen LogP contribution in [0.25, 0.3) is 10.9 Å². The van der Waals surface area contributed by atoms with Gasteiger partial charge in [0.05, 0.1) is 6.26 Å². The van der Waals surface area contributed by atoms with E-state index in [-0.39, 0.29) is 11.9 Å². The number of fused-ring (bicyclic) bond motifs is 3. The van der Waals surface area contributed by atoms with Crippen LogP contribution in [-0.4, -0.2) is 49.0 Å². The van der Waals surface area contributed by atoms with Gasteiger partial charge in [0.2, 0.25) is 10.0 Å². The van der Waals surface area contributed by atoms with Crippen LogP contribution < -0.4 is 5.32 Å². The number of nitrogens with zero attached hydrogens (tertiary/aromatic N) is 1.